The van der Waals surface area contributed by atoms with Crippen LogP contribution in [0.2, 0.25) is 0 Å². The lowest BCUT2D eigenvalue weighted by Gasteiger charge is -2.12. The summed E-state index contributed by atoms with van der Waals surface area (Å²) in [6.07, 6.45) is 1.52. The number of rotatable bonds is 9. The van der Waals surface area contributed by atoms with E-state index in [0.29, 0.717) is 22.7 Å². The average molecular weight is 471 g/mol. The highest BCUT2D eigenvalue weighted by atomic mass is 32.2. The number of amides is 3. The number of methoxy groups -OCH3 is 1. The summed E-state index contributed by atoms with van der Waals surface area (Å²) in [5.41, 5.74) is 1.24. The zero-order valence-corrected chi connectivity index (χ0v) is 18.8. The molecule has 1 aliphatic rings. The first kappa shape index (κ1) is 23.9. The quantitative estimate of drug-likeness (QED) is 0.439. The molecule has 0 atom stereocenters. The van der Waals surface area contributed by atoms with Crippen LogP contribution in [0.4, 0.5) is 10.5 Å². The third-order valence-corrected chi connectivity index (χ3v) is 5.28. The Hall–Kier alpha value is -3.79. The molecule has 0 saturated carbocycles. The predicted molar refractivity (Wildman–Crippen MR) is 123 cm³/mol. The number of nitrogens with zero attached hydrogens (tertiary/aromatic N) is 1. The van der Waals surface area contributed by atoms with Crippen molar-refractivity contribution in [3.05, 3.63) is 59.0 Å². The molecule has 172 valence electrons. The number of ether oxygens (including phenoxy) is 3. The summed E-state index contributed by atoms with van der Waals surface area (Å²) in [5.74, 6) is -0.867. The summed E-state index contributed by atoms with van der Waals surface area (Å²) < 4.78 is 15.7. The van der Waals surface area contributed by atoms with Gasteiger partial charge in [-0.2, -0.15) is 0 Å². The Morgan fingerprint density at radius 2 is 1.85 bits per heavy atom. The Balaban J connectivity index is 1.66. The molecule has 0 aromatic heterocycles. The highest BCUT2D eigenvalue weighted by molar-refractivity contribution is 8.18. The van der Waals surface area contributed by atoms with E-state index in [1.807, 2.05) is 18.2 Å². The molecular formula is C23H22N2O7S. The summed E-state index contributed by atoms with van der Waals surface area (Å²) in [4.78, 5) is 49.4. The van der Waals surface area contributed by atoms with Gasteiger partial charge in [0.2, 0.25) is 0 Å². The number of hydrogen-bond donors (Lipinski definition) is 1. The number of esters is 1. The first-order chi connectivity index (χ1) is 15.9. The molecule has 0 radical (unpaired) electrons. The van der Waals surface area contributed by atoms with Crippen LogP contribution in [0.3, 0.4) is 0 Å². The maximum absolute atomic E-state index is 12.5. The molecule has 1 fully saturated rings. The second-order valence-electron chi connectivity index (χ2n) is 6.69. The molecule has 0 spiro atoms. The second-order valence-corrected chi connectivity index (χ2v) is 7.68. The summed E-state index contributed by atoms with van der Waals surface area (Å²) in [7, 11) is 1.45. The molecule has 1 saturated heterocycles. The average Bonchev–Trinajstić information content (AvgIpc) is 3.06. The van der Waals surface area contributed by atoms with Gasteiger partial charge in [-0.05, 0) is 54.6 Å². The second kappa shape index (κ2) is 11.2. The van der Waals surface area contributed by atoms with Crippen molar-refractivity contribution in [2.45, 2.75) is 6.92 Å². The minimum atomic E-state index is -0.652. The Bertz CT molecular complexity index is 1090. The highest BCUT2D eigenvalue weighted by Gasteiger charge is 2.36. The molecule has 9 nitrogen and oxygen atoms in total. The molecule has 1 aliphatic heterocycles. The van der Waals surface area contributed by atoms with Crippen LogP contribution in [0.25, 0.3) is 6.08 Å². The van der Waals surface area contributed by atoms with Crippen molar-refractivity contribution >= 4 is 46.5 Å². The molecule has 10 heteroatoms. The molecular weight excluding hydrogens is 448 g/mol. The summed E-state index contributed by atoms with van der Waals surface area (Å²) in [6.45, 7) is 1.14. The normalized spacial score (nSPS) is 14.4. The van der Waals surface area contributed by atoms with Crippen molar-refractivity contribution in [3.8, 4) is 11.5 Å². The van der Waals surface area contributed by atoms with Crippen molar-refractivity contribution in [3.63, 3.8) is 0 Å². The number of imide groups is 1. The number of benzene rings is 2. The number of thioether (sulfide) groups is 1. The van der Waals surface area contributed by atoms with Gasteiger partial charge in [0.1, 0.15) is 6.54 Å². The Kier molecular flexibility index (Phi) is 8.09. The Labute approximate surface area is 194 Å². The van der Waals surface area contributed by atoms with Crippen LogP contribution in [-0.2, 0) is 19.1 Å². The zero-order valence-electron chi connectivity index (χ0n) is 18.0. The van der Waals surface area contributed by atoms with Gasteiger partial charge < -0.3 is 19.5 Å². The molecule has 3 amide bonds. The largest absolute Gasteiger partial charge is 0.493 e. The lowest BCUT2D eigenvalue weighted by Crippen LogP contribution is -2.34. The Morgan fingerprint density at radius 1 is 1.09 bits per heavy atom. The maximum Gasteiger partial charge on any atom is 0.326 e. The van der Waals surface area contributed by atoms with Crippen molar-refractivity contribution in [2.24, 2.45) is 0 Å². The van der Waals surface area contributed by atoms with Crippen molar-refractivity contribution < 1.29 is 33.4 Å². The first-order valence-corrected chi connectivity index (χ1v) is 10.8. The fraction of sp³-hybridized carbons (Fsp3) is 0.217. The molecule has 3 rings (SSSR count). The number of carbonyl (C=O) groups is 4. The first-order valence-electron chi connectivity index (χ1n) is 9.98. The molecule has 2 aromatic rings. The minimum Gasteiger partial charge on any atom is -0.493 e. The van der Waals surface area contributed by atoms with Crippen LogP contribution in [-0.4, -0.2) is 54.8 Å². The van der Waals surface area contributed by atoms with Gasteiger partial charge in [0.15, 0.2) is 18.1 Å². The standard InChI is InChI=1S/C23H22N2O7S/c1-3-31-21(27)13-25-22(28)19(33-23(25)29)12-15-9-10-17(18(11-15)30-2)32-14-20(26)24-16-7-5-4-6-8-16/h4-12H,3,13-14H2,1-2H3,(H,24,26)/b19-12+. The van der Waals surface area contributed by atoms with Gasteiger partial charge in [0, 0.05) is 5.69 Å². The minimum absolute atomic E-state index is 0.160. The lowest BCUT2D eigenvalue weighted by molar-refractivity contribution is -0.146. The number of nitrogens with one attached hydrogen (secondary N) is 1. The van der Waals surface area contributed by atoms with Gasteiger partial charge in [-0.1, -0.05) is 24.3 Å². The van der Waals surface area contributed by atoms with Gasteiger partial charge in [-0.25, -0.2) is 0 Å². The monoisotopic (exact) mass is 470 g/mol. The molecule has 1 N–H and O–H groups in total. The lowest BCUT2D eigenvalue weighted by atomic mass is 10.2. The van der Waals surface area contributed by atoms with E-state index in [1.165, 1.54) is 13.2 Å². The van der Waals surface area contributed by atoms with Crippen LogP contribution in [0.5, 0.6) is 11.5 Å². The van der Waals surface area contributed by atoms with E-state index in [4.69, 9.17) is 14.2 Å². The number of para-hydroxylation sites is 1. The maximum atomic E-state index is 12.5. The van der Waals surface area contributed by atoms with Gasteiger partial charge in [0.25, 0.3) is 17.1 Å². The van der Waals surface area contributed by atoms with Crippen LogP contribution in [0, 0.1) is 0 Å². The van der Waals surface area contributed by atoms with Crippen LogP contribution in [0.1, 0.15) is 12.5 Å². The fourth-order valence-electron chi connectivity index (χ4n) is 2.88. The molecule has 0 bridgehead atoms. The topological polar surface area (TPSA) is 111 Å². The molecule has 2 aromatic carbocycles. The van der Waals surface area contributed by atoms with E-state index in [2.05, 4.69) is 5.32 Å². The summed E-state index contributed by atoms with van der Waals surface area (Å²) in [5, 5.41) is 2.17. The fourth-order valence-corrected chi connectivity index (χ4v) is 3.72. The van der Waals surface area contributed by atoms with Crippen molar-refractivity contribution in [1.29, 1.82) is 0 Å². The van der Waals surface area contributed by atoms with E-state index >= 15 is 0 Å². The van der Waals surface area contributed by atoms with E-state index in [9.17, 15) is 19.2 Å². The third-order valence-electron chi connectivity index (χ3n) is 4.37. The Morgan fingerprint density at radius 3 is 2.55 bits per heavy atom. The summed E-state index contributed by atoms with van der Waals surface area (Å²) >= 11 is 0.735. The van der Waals surface area contributed by atoms with Gasteiger partial charge in [-0.15, -0.1) is 0 Å². The van der Waals surface area contributed by atoms with Crippen LogP contribution < -0.4 is 14.8 Å². The van der Waals surface area contributed by atoms with E-state index < -0.39 is 23.7 Å². The van der Waals surface area contributed by atoms with Crippen LogP contribution >= 0.6 is 11.8 Å². The number of carbonyl (C=O) groups excluding carboxylic acids is 4. The molecule has 0 unspecified atom stereocenters. The van der Waals surface area contributed by atoms with Gasteiger partial charge in [0.05, 0.1) is 18.6 Å². The van der Waals surface area contributed by atoms with Gasteiger partial charge in [-0.3, -0.25) is 24.1 Å². The smallest absolute Gasteiger partial charge is 0.326 e. The van der Waals surface area contributed by atoms with E-state index in [1.54, 1.807) is 37.3 Å². The van der Waals surface area contributed by atoms with Crippen LogP contribution in [0.15, 0.2) is 53.4 Å². The van der Waals surface area contributed by atoms with Crippen molar-refractivity contribution in [2.75, 3.05) is 32.2 Å². The molecule has 1 heterocycles. The number of hydrogen-bond acceptors (Lipinski definition) is 8. The summed E-state index contributed by atoms with van der Waals surface area (Å²) in [6, 6.07) is 13.9. The zero-order chi connectivity index (χ0) is 23.8. The third kappa shape index (κ3) is 6.36. The predicted octanol–water partition coefficient (Wildman–Crippen LogP) is 3.31. The molecule has 0 aliphatic carbocycles. The molecule has 33 heavy (non-hydrogen) atoms. The SMILES string of the molecule is CCOC(=O)CN1C(=O)S/C(=C/c2ccc(OCC(=O)Nc3ccccc3)c(OC)c2)C1=O. The number of anilines is 1. The van der Waals surface area contributed by atoms with E-state index in [-0.39, 0.29) is 24.0 Å². The van der Waals surface area contributed by atoms with E-state index in [0.717, 1.165) is 16.7 Å². The van der Waals surface area contributed by atoms with Crippen molar-refractivity contribution in [1.82, 2.24) is 4.90 Å². The highest BCUT2D eigenvalue weighted by Crippen LogP contribution is 2.34. The van der Waals surface area contributed by atoms with Gasteiger partial charge >= 0.3 is 5.97 Å².